The number of furan rings is 1. The van der Waals surface area contributed by atoms with E-state index in [2.05, 4.69) is 28.1 Å². The molecule has 2 aliphatic rings. The number of ether oxygens (including phenoxy) is 2. The van der Waals surface area contributed by atoms with Crippen molar-refractivity contribution in [2.75, 3.05) is 19.7 Å². The highest BCUT2D eigenvalue weighted by atomic mass is 127. The van der Waals surface area contributed by atoms with Gasteiger partial charge in [0.15, 0.2) is 11.7 Å². The van der Waals surface area contributed by atoms with Crippen LogP contribution in [0.15, 0.2) is 45.3 Å². The Bertz CT molecular complexity index is 730. The third-order valence-corrected chi connectivity index (χ3v) is 6.10. The standard InChI is InChI=1S/C21H29N3O3S.HI/c1-2-9-21(10-3-1)26-16-18(27-21)14-23-20(24-15-19-7-5-13-28-19)22-11-8-17-6-4-12-25-17;/h4-7,12-13,18H,1-3,8-11,14-16H2,(H2,22,23,24);1H. The second-order valence-corrected chi connectivity index (χ2v) is 8.44. The van der Waals surface area contributed by atoms with Crippen molar-refractivity contribution in [2.45, 2.75) is 57.0 Å². The van der Waals surface area contributed by atoms with Crippen molar-refractivity contribution >= 4 is 41.3 Å². The van der Waals surface area contributed by atoms with E-state index in [1.165, 1.54) is 24.1 Å². The predicted molar refractivity (Wildman–Crippen MR) is 126 cm³/mol. The lowest BCUT2D eigenvalue weighted by atomic mass is 9.94. The van der Waals surface area contributed by atoms with E-state index in [0.29, 0.717) is 19.7 Å². The van der Waals surface area contributed by atoms with Gasteiger partial charge < -0.3 is 24.5 Å². The molecule has 1 aliphatic heterocycles. The van der Waals surface area contributed by atoms with Crippen molar-refractivity contribution in [1.82, 2.24) is 10.6 Å². The Hall–Kier alpha value is -1.10. The highest BCUT2D eigenvalue weighted by molar-refractivity contribution is 14.0. The summed E-state index contributed by atoms with van der Waals surface area (Å²) in [6, 6.07) is 8.07. The molecular weight excluding hydrogens is 501 g/mol. The highest BCUT2D eigenvalue weighted by Gasteiger charge is 2.42. The van der Waals surface area contributed by atoms with Crippen molar-refractivity contribution in [2.24, 2.45) is 4.99 Å². The van der Waals surface area contributed by atoms with Crippen LogP contribution in [0.25, 0.3) is 0 Å². The zero-order valence-electron chi connectivity index (χ0n) is 16.6. The maximum Gasteiger partial charge on any atom is 0.191 e. The molecule has 0 bridgehead atoms. The van der Waals surface area contributed by atoms with Gasteiger partial charge in [-0.2, -0.15) is 0 Å². The molecule has 2 N–H and O–H groups in total. The molecule has 2 aromatic rings. The molecule has 1 aliphatic carbocycles. The summed E-state index contributed by atoms with van der Waals surface area (Å²) in [4.78, 5) is 5.97. The quantitative estimate of drug-likeness (QED) is 0.317. The van der Waals surface area contributed by atoms with Crippen LogP contribution in [-0.4, -0.2) is 37.5 Å². The molecule has 6 nitrogen and oxygen atoms in total. The first-order chi connectivity index (χ1) is 13.8. The monoisotopic (exact) mass is 531 g/mol. The Morgan fingerprint density at radius 3 is 2.83 bits per heavy atom. The molecule has 2 fully saturated rings. The molecule has 3 heterocycles. The van der Waals surface area contributed by atoms with E-state index >= 15 is 0 Å². The smallest absolute Gasteiger partial charge is 0.191 e. The maximum absolute atomic E-state index is 6.27. The first kappa shape index (κ1) is 22.6. The van der Waals surface area contributed by atoms with Crippen molar-refractivity contribution in [3.05, 3.63) is 46.5 Å². The second kappa shape index (κ2) is 11.3. The molecule has 4 rings (SSSR count). The fourth-order valence-corrected chi connectivity index (χ4v) is 4.40. The van der Waals surface area contributed by atoms with Gasteiger partial charge in [0.25, 0.3) is 0 Å². The van der Waals surface area contributed by atoms with Gasteiger partial charge in [-0.05, 0) is 36.4 Å². The highest BCUT2D eigenvalue weighted by Crippen LogP contribution is 2.37. The number of hydrogen-bond acceptors (Lipinski definition) is 5. The number of rotatable bonds is 7. The zero-order chi connectivity index (χ0) is 19.1. The number of halogens is 1. The molecule has 1 unspecified atom stereocenters. The van der Waals surface area contributed by atoms with Crippen LogP contribution in [0.4, 0.5) is 0 Å². The van der Waals surface area contributed by atoms with Gasteiger partial charge in [0, 0.05) is 37.2 Å². The largest absolute Gasteiger partial charge is 0.469 e. The summed E-state index contributed by atoms with van der Waals surface area (Å²) < 4.78 is 17.7. The first-order valence-corrected chi connectivity index (χ1v) is 11.1. The third-order valence-electron chi connectivity index (χ3n) is 5.24. The molecule has 0 radical (unpaired) electrons. The third kappa shape index (κ3) is 6.70. The van der Waals surface area contributed by atoms with E-state index in [4.69, 9.17) is 18.9 Å². The lowest BCUT2D eigenvalue weighted by molar-refractivity contribution is -0.186. The molecule has 1 saturated heterocycles. The molecule has 29 heavy (non-hydrogen) atoms. The molecular formula is C21H30IN3O3S. The van der Waals surface area contributed by atoms with Gasteiger partial charge in [-0.1, -0.05) is 12.5 Å². The van der Waals surface area contributed by atoms with Crippen LogP contribution in [-0.2, 0) is 22.4 Å². The number of nitrogens with one attached hydrogen (secondary N) is 2. The van der Waals surface area contributed by atoms with Gasteiger partial charge in [0.05, 0.1) is 19.4 Å². The zero-order valence-corrected chi connectivity index (χ0v) is 19.7. The summed E-state index contributed by atoms with van der Waals surface area (Å²) in [7, 11) is 0. The van der Waals surface area contributed by atoms with Crippen LogP contribution in [0, 0.1) is 0 Å². The van der Waals surface area contributed by atoms with Crippen molar-refractivity contribution in [3.63, 3.8) is 0 Å². The van der Waals surface area contributed by atoms with Crippen LogP contribution in [0.5, 0.6) is 0 Å². The van der Waals surface area contributed by atoms with E-state index < -0.39 is 0 Å². The van der Waals surface area contributed by atoms with Crippen molar-refractivity contribution < 1.29 is 13.9 Å². The van der Waals surface area contributed by atoms with Crippen LogP contribution in [0.1, 0.15) is 42.7 Å². The average molecular weight is 531 g/mol. The van der Waals surface area contributed by atoms with Gasteiger partial charge in [-0.25, -0.2) is 4.99 Å². The number of thiophene rings is 1. The molecule has 1 spiro atoms. The summed E-state index contributed by atoms with van der Waals surface area (Å²) >= 11 is 1.72. The van der Waals surface area contributed by atoms with E-state index in [0.717, 1.165) is 37.5 Å². The Kier molecular flexibility index (Phi) is 8.83. The van der Waals surface area contributed by atoms with E-state index in [1.807, 2.05) is 12.1 Å². The number of aliphatic imine (C=N–C) groups is 1. The fraction of sp³-hybridized carbons (Fsp3) is 0.571. The Morgan fingerprint density at radius 1 is 1.17 bits per heavy atom. The average Bonchev–Trinajstić information content (AvgIpc) is 3.47. The van der Waals surface area contributed by atoms with Gasteiger partial charge in [-0.15, -0.1) is 35.3 Å². The van der Waals surface area contributed by atoms with E-state index in [-0.39, 0.29) is 35.9 Å². The van der Waals surface area contributed by atoms with Crippen LogP contribution >= 0.6 is 35.3 Å². The minimum Gasteiger partial charge on any atom is -0.469 e. The van der Waals surface area contributed by atoms with Gasteiger partial charge in [0.1, 0.15) is 11.9 Å². The van der Waals surface area contributed by atoms with Crippen LogP contribution in [0.2, 0.25) is 0 Å². The minimum absolute atomic E-state index is 0. The summed E-state index contributed by atoms with van der Waals surface area (Å²) in [5.74, 6) is 1.44. The molecule has 0 amide bonds. The lowest BCUT2D eigenvalue weighted by Gasteiger charge is -2.31. The second-order valence-electron chi connectivity index (χ2n) is 7.40. The van der Waals surface area contributed by atoms with Gasteiger partial charge in [-0.3, -0.25) is 0 Å². The Labute approximate surface area is 193 Å². The molecule has 2 aromatic heterocycles. The topological polar surface area (TPSA) is 68.0 Å². The number of guanidine groups is 1. The van der Waals surface area contributed by atoms with E-state index in [9.17, 15) is 0 Å². The molecule has 1 atom stereocenters. The molecule has 8 heteroatoms. The maximum atomic E-state index is 6.27. The van der Waals surface area contributed by atoms with Crippen molar-refractivity contribution in [3.8, 4) is 0 Å². The number of nitrogens with zero attached hydrogens (tertiary/aromatic N) is 1. The SMILES string of the molecule is I.c1coc(CCNC(=NCc2cccs2)NCC2COC3(CCCCC3)O2)c1. The van der Waals surface area contributed by atoms with Gasteiger partial charge in [0.2, 0.25) is 0 Å². The summed E-state index contributed by atoms with van der Waals surface area (Å²) in [5.41, 5.74) is 0. The summed E-state index contributed by atoms with van der Waals surface area (Å²) in [6.07, 6.45) is 8.31. The summed E-state index contributed by atoms with van der Waals surface area (Å²) in [6.45, 7) is 2.77. The van der Waals surface area contributed by atoms with E-state index in [1.54, 1.807) is 17.6 Å². The van der Waals surface area contributed by atoms with Gasteiger partial charge >= 0.3 is 0 Å². The predicted octanol–water partition coefficient (Wildman–Crippen LogP) is 4.31. The van der Waals surface area contributed by atoms with Crippen LogP contribution < -0.4 is 10.6 Å². The van der Waals surface area contributed by atoms with Crippen LogP contribution in [0.3, 0.4) is 0 Å². The summed E-state index contributed by atoms with van der Waals surface area (Å²) in [5, 5.41) is 8.92. The lowest BCUT2D eigenvalue weighted by Crippen LogP contribution is -2.43. The van der Waals surface area contributed by atoms with Crippen molar-refractivity contribution in [1.29, 1.82) is 0 Å². The first-order valence-electron chi connectivity index (χ1n) is 10.2. The normalized spacial score (nSPS) is 21.1. The Morgan fingerprint density at radius 2 is 2.07 bits per heavy atom. The molecule has 160 valence electrons. The fourth-order valence-electron chi connectivity index (χ4n) is 3.77. The minimum atomic E-state index is -0.328. The molecule has 1 saturated carbocycles. The molecule has 0 aromatic carbocycles. The Balaban J connectivity index is 0.00000240. The number of hydrogen-bond donors (Lipinski definition) is 2.